The first-order valence-electron chi connectivity index (χ1n) is 11.3. The number of aryl methyl sites for hydroxylation is 1. The van der Waals surface area contributed by atoms with Crippen LogP contribution in [0.25, 0.3) is 0 Å². The van der Waals surface area contributed by atoms with Gasteiger partial charge in [-0.25, -0.2) is 4.79 Å². The second-order valence-corrected chi connectivity index (χ2v) is 10.7. The fraction of sp³-hybridized carbons (Fsp3) is 0.654. The van der Waals surface area contributed by atoms with E-state index in [4.69, 9.17) is 18.6 Å². The number of hydrogen-bond acceptors (Lipinski definition) is 5. The van der Waals surface area contributed by atoms with E-state index in [0.29, 0.717) is 18.4 Å². The van der Waals surface area contributed by atoms with Crippen molar-refractivity contribution in [3.63, 3.8) is 0 Å². The Labute approximate surface area is 185 Å². The number of fused-ring (bicyclic) bond motifs is 3. The number of esters is 1. The van der Waals surface area contributed by atoms with E-state index in [1.54, 1.807) is 13.4 Å². The summed E-state index contributed by atoms with van der Waals surface area (Å²) in [4.78, 5) is 12.0. The normalized spacial score (nSPS) is 35.9. The van der Waals surface area contributed by atoms with Gasteiger partial charge in [-0.3, -0.25) is 0 Å². The van der Waals surface area contributed by atoms with Gasteiger partial charge in [0, 0.05) is 30.6 Å². The molecule has 170 valence electrons. The molecule has 0 N–H and O–H groups in total. The molecule has 5 nitrogen and oxygen atoms in total. The molecule has 0 radical (unpaired) electrons. The highest BCUT2D eigenvalue weighted by molar-refractivity contribution is 5.83. The van der Waals surface area contributed by atoms with Crippen LogP contribution in [0.4, 0.5) is 0 Å². The van der Waals surface area contributed by atoms with Crippen LogP contribution in [0.5, 0.6) is 0 Å². The number of rotatable bonds is 4. The SMILES string of the molecule is CO[C@@]12COC(C)(C)C3CC[C@@](C)(C[C@@H]31)[C@@H](/C=C/OC(=O)C=C(C)C)c1cc(C)oc12. The van der Waals surface area contributed by atoms with Crippen LogP contribution in [-0.2, 0) is 24.6 Å². The highest BCUT2D eigenvalue weighted by Crippen LogP contribution is 2.64. The molecule has 0 aromatic carbocycles. The number of carbonyl (C=O) groups excluding carboxylic acids is 1. The van der Waals surface area contributed by atoms with Crippen molar-refractivity contribution in [2.75, 3.05) is 13.7 Å². The summed E-state index contributed by atoms with van der Waals surface area (Å²) in [6.45, 7) is 13.0. The summed E-state index contributed by atoms with van der Waals surface area (Å²) < 4.78 is 24.4. The van der Waals surface area contributed by atoms with Crippen molar-refractivity contribution in [2.45, 2.75) is 77.9 Å². The molecule has 1 saturated heterocycles. The number of hydrogen-bond donors (Lipinski definition) is 0. The van der Waals surface area contributed by atoms with Gasteiger partial charge in [-0.2, -0.15) is 0 Å². The largest absolute Gasteiger partial charge is 0.463 e. The lowest BCUT2D eigenvalue weighted by molar-refractivity contribution is -0.256. The Morgan fingerprint density at radius 2 is 1.97 bits per heavy atom. The second kappa shape index (κ2) is 7.63. The van der Waals surface area contributed by atoms with E-state index in [-0.39, 0.29) is 22.9 Å². The molecular formula is C26H36O5. The van der Waals surface area contributed by atoms with Gasteiger partial charge in [0.1, 0.15) is 11.5 Å². The summed E-state index contributed by atoms with van der Waals surface area (Å²) >= 11 is 0. The van der Waals surface area contributed by atoms with Crippen molar-refractivity contribution in [1.82, 2.24) is 0 Å². The maximum Gasteiger partial charge on any atom is 0.335 e. The average Bonchev–Trinajstić information content (AvgIpc) is 3.04. The number of ether oxygens (including phenoxy) is 3. The minimum atomic E-state index is -0.590. The highest BCUT2D eigenvalue weighted by Gasteiger charge is 2.63. The van der Waals surface area contributed by atoms with Crippen LogP contribution >= 0.6 is 0 Å². The summed E-state index contributed by atoms with van der Waals surface area (Å²) in [6, 6.07) is 2.13. The van der Waals surface area contributed by atoms with Crippen LogP contribution in [0.3, 0.4) is 0 Å². The van der Waals surface area contributed by atoms with Crippen LogP contribution in [0.15, 0.2) is 34.5 Å². The summed E-state index contributed by atoms with van der Waals surface area (Å²) in [5.74, 6) is 2.17. The second-order valence-electron chi connectivity index (χ2n) is 10.7. The average molecular weight is 429 g/mol. The van der Waals surface area contributed by atoms with Crippen molar-refractivity contribution in [3.05, 3.63) is 47.1 Å². The van der Waals surface area contributed by atoms with Crippen molar-refractivity contribution >= 4 is 5.97 Å². The fourth-order valence-corrected chi connectivity index (χ4v) is 6.34. The highest BCUT2D eigenvalue weighted by atomic mass is 16.6. The Hall–Kier alpha value is -1.85. The fourth-order valence-electron chi connectivity index (χ4n) is 6.34. The third kappa shape index (κ3) is 3.60. The van der Waals surface area contributed by atoms with Crippen LogP contribution < -0.4 is 0 Å². The Bertz CT molecular complexity index is 918. The number of furan rings is 1. The molecule has 1 saturated carbocycles. The molecule has 0 spiro atoms. The molecule has 1 unspecified atom stereocenters. The van der Waals surface area contributed by atoms with E-state index in [1.165, 1.54) is 6.08 Å². The Morgan fingerprint density at radius 3 is 2.65 bits per heavy atom. The maximum atomic E-state index is 12.0. The smallest absolute Gasteiger partial charge is 0.335 e. The maximum absolute atomic E-state index is 12.0. The molecule has 1 aliphatic heterocycles. The lowest BCUT2D eigenvalue weighted by atomic mass is 9.55. The molecule has 31 heavy (non-hydrogen) atoms. The predicted octanol–water partition coefficient (Wildman–Crippen LogP) is 5.78. The quantitative estimate of drug-likeness (QED) is 0.346. The summed E-state index contributed by atoms with van der Waals surface area (Å²) in [5, 5.41) is 0. The first-order chi connectivity index (χ1) is 14.5. The van der Waals surface area contributed by atoms with Crippen LogP contribution in [0.2, 0.25) is 0 Å². The molecule has 0 amide bonds. The predicted molar refractivity (Wildman–Crippen MR) is 119 cm³/mol. The summed E-state index contributed by atoms with van der Waals surface area (Å²) in [5.41, 5.74) is 1.28. The standard InChI is InChI=1S/C26H36O5/c1-16(2)12-22(27)29-11-9-19-18-13-17(3)31-23(18)26(28-7)15-30-24(4,5)20-8-10-25(19,6)14-21(20)26/h9,11-13,19-21H,8,10,14-15H2,1-7H3/b11-9+/t19-,20?,21-,25-,26-/m0/s1. The zero-order valence-electron chi connectivity index (χ0n) is 19.9. The van der Waals surface area contributed by atoms with E-state index in [0.717, 1.165) is 41.9 Å². The van der Waals surface area contributed by atoms with E-state index >= 15 is 0 Å². The first kappa shape index (κ1) is 22.3. The number of allylic oxidation sites excluding steroid dienone is 2. The monoisotopic (exact) mass is 428 g/mol. The molecular weight excluding hydrogens is 392 g/mol. The Morgan fingerprint density at radius 1 is 1.23 bits per heavy atom. The summed E-state index contributed by atoms with van der Waals surface area (Å²) in [6.07, 6.45) is 8.26. The van der Waals surface area contributed by atoms with Crippen molar-refractivity contribution in [1.29, 1.82) is 0 Å². The molecule has 5 heteroatoms. The van der Waals surface area contributed by atoms with E-state index in [9.17, 15) is 4.79 Å². The van der Waals surface area contributed by atoms with Crippen LogP contribution in [-0.4, -0.2) is 25.3 Å². The van der Waals surface area contributed by atoms with E-state index in [2.05, 4.69) is 26.8 Å². The van der Waals surface area contributed by atoms with Gasteiger partial charge in [0.25, 0.3) is 0 Å². The molecule has 2 aliphatic carbocycles. The first-order valence-corrected chi connectivity index (χ1v) is 11.3. The third-order valence-electron chi connectivity index (χ3n) is 7.93. The molecule has 2 heterocycles. The molecule has 1 aromatic rings. The third-order valence-corrected chi connectivity index (χ3v) is 7.93. The minimum absolute atomic E-state index is 0.0132. The zero-order valence-corrected chi connectivity index (χ0v) is 19.9. The molecule has 3 aliphatic rings. The lowest BCUT2D eigenvalue weighted by Crippen LogP contribution is -2.59. The van der Waals surface area contributed by atoms with E-state index < -0.39 is 5.60 Å². The van der Waals surface area contributed by atoms with Gasteiger partial charge in [-0.05, 0) is 77.4 Å². The number of carbonyl (C=O) groups is 1. The topological polar surface area (TPSA) is 57.9 Å². The van der Waals surface area contributed by atoms with Gasteiger partial charge >= 0.3 is 5.97 Å². The summed E-state index contributed by atoms with van der Waals surface area (Å²) in [7, 11) is 1.78. The molecule has 5 atom stereocenters. The molecule has 4 rings (SSSR count). The van der Waals surface area contributed by atoms with Gasteiger partial charge in [-0.1, -0.05) is 12.5 Å². The van der Waals surface area contributed by atoms with Gasteiger partial charge in [0.2, 0.25) is 0 Å². The minimum Gasteiger partial charge on any atom is -0.463 e. The van der Waals surface area contributed by atoms with Gasteiger partial charge < -0.3 is 18.6 Å². The lowest BCUT2D eigenvalue weighted by Gasteiger charge is -2.57. The molecule has 2 fully saturated rings. The molecule has 1 aromatic heterocycles. The van der Waals surface area contributed by atoms with Crippen LogP contribution in [0, 0.1) is 24.2 Å². The van der Waals surface area contributed by atoms with E-state index in [1.807, 2.05) is 26.8 Å². The molecule has 2 bridgehead atoms. The number of methoxy groups -OCH3 is 1. The Balaban J connectivity index is 1.79. The van der Waals surface area contributed by atoms with Gasteiger partial charge in [-0.15, -0.1) is 0 Å². The van der Waals surface area contributed by atoms with Crippen molar-refractivity contribution in [2.24, 2.45) is 17.3 Å². The van der Waals surface area contributed by atoms with Crippen LogP contribution in [0.1, 0.15) is 76.9 Å². The Kier molecular flexibility index (Phi) is 5.50. The van der Waals surface area contributed by atoms with Gasteiger partial charge in [0.15, 0.2) is 5.60 Å². The van der Waals surface area contributed by atoms with Gasteiger partial charge in [0.05, 0.1) is 18.5 Å². The van der Waals surface area contributed by atoms with Crippen molar-refractivity contribution in [3.8, 4) is 0 Å². The van der Waals surface area contributed by atoms with Crippen molar-refractivity contribution < 1.29 is 23.4 Å². The zero-order chi connectivity index (χ0) is 22.6.